The summed E-state index contributed by atoms with van der Waals surface area (Å²) in [4.78, 5) is 19.2. The van der Waals surface area contributed by atoms with Crippen LogP contribution in [0.25, 0.3) is 0 Å². The first-order valence-corrected chi connectivity index (χ1v) is 4.92. The molecule has 4 nitrogen and oxygen atoms in total. The zero-order valence-corrected chi connectivity index (χ0v) is 8.29. The van der Waals surface area contributed by atoms with E-state index in [1.165, 1.54) is 12.4 Å². The highest BCUT2D eigenvalue weighted by Crippen LogP contribution is 2.27. The monoisotopic (exact) mass is 211 g/mol. The maximum atomic E-state index is 11.5. The van der Waals surface area contributed by atoms with Gasteiger partial charge in [-0.05, 0) is 12.8 Å². The van der Waals surface area contributed by atoms with E-state index in [1.807, 2.05) is 0 Å². The molecule has 1 aliphatic rings. The Morgan fingerprint density at radius 2 is 2.29 bits per heavy atom. The smallest absolute Gasteiger partial charge is 0.228 e. The molecule has 0 spiro atoms. The van der Waals surface area contributed by atoms with E-state index in [1.54, 1.807) is 0 Å². The van der Waals surface area contributed by atoms with Crippen LogP contribution in [0.4, 0.5) is 5.82 Å². The van der Waals surface area contributed by atoms with Crippen molar-refractivity contribution in [3.05, 3.63) is 17.5 Å². The van der Waals surface area contributed by atoms with E-state index >= 15 is 0 Å². The quantitative estimate of drug-likeness (QED) is 0.813. The first-order chi connectivity index (χ1) is 6.75. The number of hydrogen-bond donors (Lipinski definition) is 1. The van der Waals surface area contributed by atoms with Crippen LogP contribution in [0.5, 0.6) is 0 Å². The fraction of sp³-hybridized carbons (Fsp3) is 0.444. The highest BCUT2D eigenvalue weighted by Gasteiger charge is 2.25. The van der Waals surface area contributed by atoms with Crippen LogP contribution < -0.4 is 5.32 Å². The van der Waals surface area contributed by atoms with Gasteiger partial charge in [0.15, 0.2) is 5.82 Å². The number of anilines is 1. The maximum absolute atomic E-state index is 11.5. The molecule has 14 heavy (non-hydrogen) atoms. The van der Waals surface area contributed by atoms with Gasteiger partial charge in [-0.3, -0.25) is 9.78 Å². The van der Waals surface area contributed by atoms with Crippen molar-refractivity contribution >= 4 is 23.3 Å². The number of halogens is 1. The van der Waals surface area contributed by atoms with E-state index < -0.39 is 0 Å². The summed E-state index contributed by atoms with van der Waals surface area (Å²) < 4.78 is 0. The molecule has 0 saturated heterocycles. The lowest BCUT2D eigenvalue weighted by Gasteiger charge is -2.23. The zero-order valence-electron chi connectivity index (χ0n) is 7.53. The second-order valence-electron chi connectivity index (χ2n) is 3.34. The number of amides is 1. The van der Waals surface area contributed by atoms with E-state index in [9.17, 15) is 4.79 Å². The highest BCUT2D eigenvalue weighted by atomic mass is 35.5. The van der Waals surface area contributed by atoms with Gasteiger partial charge in [-0.1, -0.05) is 18.0 Å². The van der Waals surface area contributed by atoms with Crippen molar-refractivity contribution < 1.29 is 4.79 Å². The van der Waals surface area contributed by atoms with Gasteiger partial charge in [0.2, 0.25) is 5.91 Å². The summed E-state index contributed by atoms with van der Waals surface area (Å²) in [6.07, 6.45) is 6.00. The normalized spacial score (nSPS) is 16.1. The van der Waals surface area contributed by atoms with Gasteiger partial charge in [-0.25, -0.2) is 4.98 Å². The van der Waals surface area contributed by atoms with Gasteiger partial charge < -0.3 is 5.32 Å². The predicted octanol–water partition coefficient (Wildman–Crippen LogP) is 1.87. The fourth-order valence-corrected chi connectivity index (χ4v) is 1.45. The topological polar surface area (TPSA) is 54.9 Å². The first-order valence-electron chi connectivity index (χ1n) is 4.54. The molecule has 1 aliphatic carbocycles. The van der Waals surface area contributed by atoms with Crippen molar-refractivity contribution in [2.45, 2.75) is 19.3 Å². The average molecular weight is 212 g/mol. The van der Waals surface area contributed by atoms with Crippen molar-refractivity contribution in [1.29, 1.82) is 0 Å². The number of carbonyl (C=O) groups is 1. The van der Waals surface area contributed by atoms with Gasteiger partial charge in [-0.2, -0.15) is 0 Å². The minimum atomic E-state index is 0.0211. The second kappa shape index (κ2) is 3.92. The Balaban J connectivity index is 1.99. The number of rotatable bonds is 2. The van der Waals surface area contributed by atoms with Crippen molar-refractivity contribution in [3.8, 4) is 0 Å². The number of carbonyl (C=O) groups excluding carboxylic acids is 1. The summed E-state index contributed by atoms with van der Waals surface area (Å²) in [5, 5.41) is 2.98. The SMILES string of the molecule is O=C(Nc1cncc(Cl)n1)C1CCC1. The Labute approximate surface area is 86.7 Å². The molecule has 0 radical (unpaired) electrons. The summed E-state index contributed by atoms with van der Waals surface area (Å²) in [6.45, 7) is 0. The molecule has 1 amide bonds. The molecule has 0 bridgehead atoms. The van der Waals surface area contributed by atoms with Gasteiger partial charge in [-0.15, -0.1) is 0 Å². The fourth-order valence-electron chi connectivity index (χ4n) is 1.30. The van der Waals surface area contributed by atoms with Crippen LogP contribution in [0.15, 0.2) is 12.4 Å². The molecule has 1 aromatic rings. The van der Waals surface area contributed by atoms with Gasteiger partial charge in [0.1, 0.15) is 5.15 Å². The number of hydrogen-bond acceptors (Lipinski definition) is 3. The standard InChI is InChI=1S/C9H10ClN3O/c10-7-4-11-5-8(12-7)13-9(14)6-2-1-3-6/h4-6H,1-3H2,(H,12,13,14). The van der Waals surface area contributed by atoms with Crippen LogP contribution in [0, 0.1) is 5.92 Å². The van der Waals surface area contributed by atoms with Crippen LogP contribution in [0.1, 0.15) is 19.3 Å². The third-order valence-electron chi connectivity index (χ3n) is 2.33. The summed E-state index contributed by atoms with van der Waals surface area (Å²) in [7, 11) is 0. The Morgan fingerprint density at radius 1 is 1.50 bits per heavy atom. The molecular formula is C9H10ClN3O. The molecule has 1 saturated carbocycles. The molecule has 5 heteroatoms. The molecule has 0 atom stereocenters. The molecular weight excluding hydrogens is 202 g/mol. The lowest BCUT2D eigenvalue weighted by molar-refractivity contribution is -0.122. The van der Waals surface area contributed by atoms with E-state index in [4.69, 9.17) is 11.6 Å². The summed E-state index contributed by atoms with van der Waals surface area (Å²) in [5.41, 5.74) is 0. The van der Waals surface area contributed by atoms with Crippen molar-refractivity contribution in [1.82, 2.24) is 9.97 Å². The third-order valence-corrected chi connectivity index (χ3v) is 2.51. The van der Waals surface area contributed by atoms with Crippen molar-refractivity contribution in [2.24, 2.45) is 5.92 Å². The molecule has 2 rings (SSSR count). The van der Waals surface area contributed by atoms with Crippen LogP contribution in [0.3, 0.4) is 0 Å². The summed E-state index contributed by atoms with van der Waals surface area (Å²) in [6, 6.07) is 0. The minimum Gasteiger partial charge on any atom is -0.309 e. The Bertz CT molecular complexity index is 352. The molecule has 0 aromatic carbocycles. The van der Waals surface area contributed by atoms with E-state index in [-0.39, 0.29) is 17.0 Å². The lowest BCUT2D eigenvalue weighted by Crippen LogP contribution is -2.28. The summed E-state index contributed by atoms with van der Waals surface area (Å²) in [5.74, 6) is 0.595. The van der Waals surface area contributed by atoms with E-state index in [2.05, 4.69) is 15.3 Å². The number of nitrogens with zero attached hydrogens (tertiary/aromatic N) is 2. The van der Waals surface area contributed by atoms with Gasteiger partial charge in [0.25, 0.3) is 0 Å². The first kappa shape index (κ1) is 9.40. The third kappa shape index (κ3) is 2.01. The Hall–Kier alpha value is -1.16. The molecule has 1 fully saturated rings. The minimum absolute atomic E-state index is 0.0211. The predicted molar refractivity (Wildman–Crippen MR) is 53.0 cm³/mol. The van der Waals surface area contributed by atoms with E-state index in [0.717, 1.165) is 19.3 Å². The maximum Gasteiger partial charge on any atom is 0.228 e. The number of nitrogens with one attached hydrogen (secondary N) is 1. The van der Waals surface area contributed by atoms with Crippen molar-refractivity contribution in [2.75, 3.05) is 5.32 Å². The lowest BCUT2D eigenvalue weighted by atomic mass is 9.85. The second-order valence-corrected chi connectivity index (χ2v) is 3.73. The van der Waals surface area contributed by atoms with E-state index in [0.29, 0.717) is 5.82 Å². The van der Waals surface area contributed by atoms with Crippen LogP contribution in [-0.4, -0.2) is 15.9 Å². The Morgan fingerprint density at radius 3 is 2.86 bits per heavy atom. The van der Waals surface area contributed by atoms with Crippen LogP contribution in [-0.2, 0) is 4.79 Å². The van der Waals surface area contributed by atoms with Gasteiger partial charge in [0, 0.05) is 5.92 Å². The molecule has 1 N–H and O–H groups in total. The van der Waals surface area contributed by atoms with Gasteiger partial charge in [0.05, 0.1) is 12.4 Å². The molecule has 1 aromatic heterocycles. The molecule has 0 unspecified atom stereocenters. The summed E-state index contributed by atoms with van der Waals surface area (Å²) >= 11 is 5.63. The number of aromatic nitrogens is 2. The molecule has 1 heterocycles. The zero-order chi connectivity index (χ0) is 9.97. The van der Waals surface area contributed by atoms with Crippen LogP contribution >= 0.6 is 11.6 Å². The van der Waals surface area contributed by atoms with Crippen LogP contribution in [0.2, 0.25) is 5.15 Å². The van der Waals surface area contributed by atoms with Crippen molar-refractivity contribution in [3.63, 3.8) is 0 Å². The molecule has 74 valence electrons. The highest BCUT2D eigenvalue weighted by molar-refractivity contribution is 6.29. The molecule has 0 aliphatic heterocycles. The largest absolute Gasteiger partial charge is 0.309 e. The van der Waals surface area contributed by atoms with Gasteiger partial charge >= 0.3 is 0 Å². The average Bonchev–Trinajstić information content (AvgIpc) is 1.99. The Kier molecular flexibility index (Phi) is 2.63.